The van der Waals surface area contributed by atoms with Crippen LogP contribution in [-0.4, -0.2) is 41.1 Å². The molecule has 0 saturated carbocycles. The lowest BCUT2D eigenvalue weighted by atomic mass is 10.1. The van der Waals surface area contributed by atoms with Crippen LogP contribution in [0, 0.1) is 22.7 Å². The maximum Gasteiger partial charge on any atom is 0.227 e. The summed E-state index contributed by atoms with van der Waals surface area (Å²) in [6.45, 7) is 4.06. The number of benzene rings is 4. The molecule has 4 aromatic carbocycles. The maximum absolute atomic E-state index is 8.98. The second-order valence-corrected chi connectivity index (χ2v) is 11.3. The van der Waals surface area contributed by atoms with Crippen LogP contribution in [0.15, 0.2) is 98.2 Å². The number of nitrogens with zero attached hydrogens (tertiary/aromatic N) is 5. The highest BCUT2D eigenvalue weighted by molar-refractivity contribution is 9.10. The zero-order chi connectivity index (χ0) is 30.3. The SMILES string of the molecule is N#Cc1ccc2oc(-c3ccc(Br)cc3)nc2c1.N#Cc1ccc2oc(-c3ccc(OCCN4CCCCC4)cc3)nc2c1. The van der Waals surface area contributed by atoms with E-state index in [1.54, 1.807) is 36.4 Å². The number of ether oxygens (including phenoxy) is 1. The van der Waals surface area contributed by atoms with Gasteiger partial charge in [0, 0.05) is 22.1 Å². The first kappa shape index (κ1) is 29.1. The van der Waals surface area contributed by atoms with E-state index < -0.39 is 0 Å². The fourth-order valence-corrected chi connectivity index (χ4v) is 5.27. The van der Waals surface area contributed by atoms with Crippen molar-refractivity contribution in [1.29, 1.82) is 10.5 Å². The molecule has 0 aliphatic carbocycles. The smallest absolute Gasteiger partial charge is 0.227 e. The Kier molecular flexibility index (Phi) is 8.98. The van der Waals surface area contributed by atoms with Crippen molar-refractivity contribution in [3.05, 3.63) is 101 Å². The Balaban J connectivity index is 0.000000167. The number of fused-ring (bicyclic) bond motifs is 2. The summed E-state index contributed by atoms with van der Waals surface area (Å²) < 4.78 is 18.3. The second kappa shape index (κ2) is 13.6. The van der Waals surface area contributed by atoms with Gasteiger partial charge in [-0.3, -0.25) is 4.90 Å². The summed E-state index contributed by atoms with van der Waals surface area (Å²) in [6.07, 6.45) is 3.95. The van der Waals surface area contributed by atoms with Crippen molar-refractivity contribution in [2.45, 2.75) is 19.3 Å². The topological polar surface area (TPSA) is 112 Å². The molecule has 0 bridgehead atoms. The molecule has 6 aromatic rings. The summed E-state index contributed by atoms with van der Waals surface area (Å²) in [6, 6.07) is 30.2. The molecule has 0 spiro atoms. The van der Waals surface area contributed by atoms with Gasteiger partial charge in [0.1, 0.15) is 23.4 Å². The van der Waals surface area contributed by atoms with Gasteiger partial charge in [-0.15, -0.1) is 0 Å². The number of aromatic nitrogens is 2. The average molecular weight is 647 g/mol. The molecule has 9 heteroatoms. The summed E-state index contributed by atoms with van der Waals surface area (Å²) in [5.74, 6) is 1.97. The van der Waals surface area contributed by atoms with E-state index in [0.29, 0.717) is 51.7 Å². The average Bonchev–Trinajstić information content (AvgIpc) is 3.70. The van der Waals surface area contributed by atoms with Crippen LogP contribution in [0.5, 0.6) is 5.75 Å². The van der Waals surface area contributed by atoms with Crippen LogP contribution >= 0.6 is 15.9 Å². The van der Waals surface area contributed by atoms with E-state index in [9.17, 15) is 0 Å². The third kappa shape index (κ3) is 6.98. The van der Waals surface area contributed by atoms with Crippen molar-refractivity contribution in [2.75, 3.05) is 26.2 Å². The minimum absolute atomic E-state index is 0.551. The van der Waals surface area contributed by atoms with E-state index in [-0.39, 0.29) is 0 Å². The van der Waals surface area contributed by atoms with Crippen LogP contribution in [-0.2, 0) is 0 Å². The monoisotopic (exact) mass is 645 g/mol. The molecule has 2 aromatic heterocycles. The fourth-order valence-electron chi connectivity index (χ4n) is 5.00. The molecule has 0 amide bonds. The van der Waals surface area contributed by atoms with Gasteiger partial charge in [-0.2, -0.15) is 10.5 Å². The van der Waals surface area contributed by atoms with Crippen molar-refractivity contribution in [3.8, 4) is 40.8 Å². The fraction of sp³-hybridized carbons (Fsp3) is 0.200. The standard InChI is InChI=1S/C21H21N3O2.C14H7BrN2O/c22-15-16-4-9-20-19(14-16)23-21(26-20)17-5-7-18(8-6-17)25-13-12-24-10-2-1-3-11-24;15-11-4-2-10(3-5-11)14-17-12-7-9(8-16)1-6-13(12)18-14/h4-9,14H,1-3,10-13H2;1-7H. The lowest BCUT2D eigenvalue weighted by Crippen LogP contribution is -2.33. The first-order valence-corrected chi connectivity index (χ1v) is 15.2. The molecular formula is C35H28BrN5O3. The Morgan fingerprint density at radius 2 is 1.23 bits per heavy atom. The molecular weight excluding hydrogens is 618 g/mol. The minimum atomic E-state index is 0.551. The van der Waals surface area contributed by atoms with Crippen LogP contribution in [0.25, 0.3) is 45.1 Å². The molecule has 1 aliphatic rings. The molecule has 1 fully saturated rings. The summed E-state index contributed by atoms with van der Waals surface area (Å²) in [4.78, 5) is 11.3. The van der Waals surface area contributed by atoms with Gasteiger partial charge in [0.2, 0.25) is 11.8 Å². The molecule has 1 aliphatic heterocycles. The second-order valence-electron chi connectivity index (χ2n) is 10.4. The number of oxazole rings is 2. The Bertz CT molecular complexity index is 1960. The predicted molar refractivity (Wildman–Crippen MR) is 172 cm³/mol. The normalized spacial score (nSPS) is 13.2. The number of piperidine rings is 1. The quantitative estimate of drug-likeness (QED) is 0.178. The third-order valence-corrected chi connectivity index (χ3v) is 7.88. The Morgan fingerprint density at radius 3 is 1.75 bits per heavy atom. The number of likely N-dealkylation sites (tertiary alicyclic amines) is 1. The first-order valence-electron chi connectivity index (χ1n) is 14.4. The van der Waals surface area contributed by atoms with Crippen molar-refractivity contribution < 1.29 is 13.6 Å². The van der Waals surface area contributed by atoms with Crippen molar-refractivity contribution in [3.63, 3.8) is 0 Å². The lowest BCUT2D eigenvalue weighted by Gasteiger charge is -2.26. The van der Waals surface area contributed by atoms with Gasteiger partial charge in [0.15, 0.2) is 11.2 Å². The van der Waals surface area contributed by atoms with Crippen LogP contribution in [0.1, 0.15) is 30.4 Å². The highest BCUT2D eigenvalue weighted by Gasteiger charge is 2.12. The van der Waals surface area contributed by atoms with Crippen molar-refractivity contribution in [1.82, 2.24) is 14.9 Å². The molecule has 0 atom stereocenters. The first-order chi connectivity index (χ1) is 21.6. The van der Waals surface area contributed by atoms with Crippen LogP contribution in [0.3, 0.4) is 0 Å². The molecule has 3 heterocycles. The molecule has 8 nitrogen and oxygen atoms in total. The van der Waals surface area contributed by atoms with Crippen LogP contribution in [0.4, 0.5) is 0 Å². The molecule has 0 radical (unpaired) electrons. The third-order valence-electron chi connectivity index (χ3n) is 7.35. The summed E-state index contributed by atoms with van der Waals surface area (Å²) >= 11 is 3.38. The Labute approximate surface area is 263 Å². The molecule has 7 rings (SSSR count). The maximum atomic E-state index is 8.98. The summed E-state index contributed by atoms with van der Waals surface area (Å²) in [5, 5.41) is 17.8. The molecule has 0 unspecified atom stereocenters. The van der Waals surface area contributed by atoms with Gasteiger partial charge in [0.05, 0.1) is 23.3 Å². The number of nitriles is 2. The van der Waals surface area contributed by atoms with E-state index in [4.69, 9.17) is 24.1 Å². The Morgan fingerprint density at radius 1 is 0.705 bits per heavy atom. The number of hydrogen-bond acceptors (Lipinski definition) is 8. The van der Waals surface area contributed by atoms with Crippen LogP contribution < -0.4 is 4.74 Å². The van der Waals surface area contributed by atoms with Crippen molar-refractivity contribution in [2.24, 2.45) is 0 Å². The van der Waals surface area contributed by atoms with Crippen molar-refractivity contribution >= 4 is 38.1 Å². The van der Waals surface area contributed by atoms with Crippen LogP contribution in [0.2, 0.25) is 0 Å². The highest BCUT2D eigenvalue weighted by Crippen LogP contribution is 2.27. The van der Waals surface area contributed by atoms with Gasteiger partial charge in [0.25, 0.3) is 0 Å². The van der Waals surface area contributed by atoms with E-state index in [1.807, 2.05) is 48.5 Å². The molecule has 44 heavy (non-hydrogen) atoms. The molecule has 1 saturated heterocycles. The lowest BCUT2D eigenvalue weighted by molar-refractivity contribution is 0.183. The Hall–Kier alpha value is -4.96. The largest absolute Gasteiger partial charge is 0.492 e. The minimum Gasteiger partial charge on any atom is -0.492 e. The van der Waals surface area contributed by atoms with Gasteiger partial charge < -0.3 is 13.6 Å². The molecule has 218 valence electrons. The number of rotatable bonds is 6. The zero-order valence-corrected chi connectivity index (χ0v) is 25.5. The molecule has 0 N–H and O–H groups in total. The predicted octanol–water partition coefficient (Wildman–Crippen LogP) is 8.36. The number of halogens is 1. The highest BCUT2D eigenvalue weighted by atomic mass is 79.9. The summed E-state index contributed by atoms with van der Waals surface area (Å²) in [5.41, 5.74) is 5.73. The van der Waals surface area contributed by atoms with E-state index >= 15 is 0 Å². The van der Waals surface area contributed by atoms with E-state index in [0.717, 1.165) is 27.9 Å². The van der Waals surface area contributed by atoms with Gasteiger partial charge in [-0.05, 0) is 111 Å². The number of hydrogen-bond donors (Lipinski definition) is 0. The van der Waals surface area contributed by atoms with Gasteiger partial charge in [-0.1, -0.05) is 22.4 Å². The van der Waals surface area contributed by atoms with E-state index in [2.05, 4.69) is 42.9 Å². The van der Waals surface area contributed by atoms with E-state index in [1.165, 1.54) is 32.4 Å². The zero-order valence-electron chi connectivity index (χ0n) is 23.9. The summed E-state index contributed by atoms with van der Waals surface area (Å²) in [7, 11) is 0. The van der Waals surface area contributed by atoms with Gasteiger partial charge >= 0.3 is 0 Å². The van der Waals surface area contributed by atoms with Gasteiger partial charge in [-0.25, -0.2) is 9.97 Å².